The lowest BCUT2D eigenvalue weighted by Crippen LogP contribution is -2.35. The van der Waals surface area contributed by atoms with Gasteiger partial charge in [0, 0.05) is 0 Å². The van der Waals surface area contributed by atoms with Crippen molar-refractivity contribution in [3.8, 4) is 0 Å². The van der Waals surface area contributed by atoms with E-state index in [1.54, 1.807) is 12.1 Å². The molecule has 1 aliphatic carbocycles. The first-order chi connectivity index (χ1) is 8.59. The van der Waals surface area contributed by atoms with Crippen LogP contribution in [0.25, 0.3) is 0 Å². The second-order valence-electron chi connectivity index (χ2n) is 4.78. The quantitative estimate of drug-likeness (QED) is 0.820. The molecule has 1 nitrogen and oxygen atoms in total. The highest BCUT2D eigenvalue weighted by Crippen LogP contribution is 2.40. The Morgan fingerprint density at radius 2 is 1.78 bits per heavy atom. The van der Waals surface area contributed by atoms with E-state index in [0.717, 1.165) is 23.1 Å². The van der Waals surface area contributed by atoms with Gasteiger partial charge in [-0.3, -0.25) is 0 Å². The Morgan fingerprint density at radius 1 is 1.00 bits per heavy atom. The average molecular weight is 245 g/mol. The van der Waals surface area contributed by atoms with Crippen LogP contribution in [0.2, 0.25) is 0 Å². The Labute approximate surface area is 104 Å². The molecule has 18 heavy (non-hydrogen) atoms. The lowest BCUT2D eigenvalue weighted by molar-refractivity contribution is 0.527. The Balaban J connectivity index is 2.14. The Morgan fingerprint density at radius 3 is 2.56 bits per heavy atom. The molecule has 0 saturated carbocycles. The molecule has 92 valence electrons. The number of hydrogen-bond acceptors (Lipinski definition) is 1. The van der Waals surface area contributed by atoms with E-state index in [-0.39, 0.29) is 11.6 Å². The zero-order valence-corrected chi connectivity index (χ0v) is 9.79. The van der Waals surface area contributed by atoms with Crippen LogP contribution < -0.4 is 5.73 Å². The van der Waals surface area contributed by atoms with Crippen LogP contribution in [-0.4, -0.2) is 0 Å². The first-order valence-corrected chi connectivity index (χ1v) is 5.93. The second kappa shape index (κ2) is 3.89. The summed E-state index contributed by atoms with van der Waals surface area (Å²) in [6.45, 7) is 0. The van der Waals surface area contributed by atoms with Crippen molar-refractivity contribution < 1.29 is 8.78 Å². The van der Waals surface area contributed by atoms with Gasteiger partial charge in [-0.25, -0.2) is 8.78 Å². The van der Waals surface area contributed by atoms with Crippen LogP contribution in [0.15, 0.2) is 42.5 Å². The molecule has 0 amide bonds. The molecule has 0 radical (unpaired) electrons. The van der Waals surface area contributed by atoms with Crippen molar-refractivity contribution in [3.63, 3.8) is 0 Å². The zero-order valence-electron chi connectivity index (χ0n) is 9.79. The largest absolute Gasteiger partial charge is 0.318 e. The molecule has 0 saturated heterocycles. The molecule has 3 rings (SSSR count). The molecule has 0 aliphatic heterocycles. The summed E-state index contributed by atoms with van der Waals surface area (Å²) >= 11 is 0. The summed E-state index contributed by atoms with van der Waals surface area (Å²) in [5.74, 6) is -0.551. The van der Waals surface area contributed by atoms with Crippen molar-refractivity contribution in [2.75, 3.05) is 0 Å². The molecule has 2 aromatic rings. The van der Waals surface area contributed by atoms with Crippen molar-refractivity contribution in [1.29, 1.82) is 0 Å². The molecule has 0 aromatic heterocycles. The van der Waals surface area contributed by atoms with E-state index in [2.05, 4.69) is 0 Å². The maximum atomic E-state index is 13.3. The standard InChI is InChI=1S/C15H13F2N/c16-12-3-1-2-11(9-12)15(18)7-6-10-8-13(17)4-5-14(10)15/h1-5,8-9H,6-7,18H2. The van der Waals surface area contributed by atoms with Crippen LogP contribution in [-0.2, 0) is 12.0 Å². The lowest BCUT2D eigenvalue weighted by Gasteiger charge is -2.26. The molecule has 1 unspecified atom stereocenters. The van der Waals surface area contributed by atoms with E-state index >= 15 is 0 Å². The van der Waals surface area contributed by atoms with E-state index < -0.39 is 5.54 Å². The highest BCUT2D eigenvalue weighted by molar-refractivity contribution is 5.46. The number of aryl methyl sites for hydroxylation is 1. The monoisotopic (exact) mass is 245 g/mol. The van der Waals surface area contributed by atoms with E-state index in [1.165, 1.54) is 24.3 Å². The number of hydrogen-bond donors (Lipinski definition) is 1. The maximum absolute atomic E-state index is 13.3. The molecule has 0 fully saturated rings. The third-order valence-electron chi connectivity index (χ3n) is 3.68. The summed E-state index contributed by atoms with van der Waals surface area (Å²) in [6.07, 6.45) is 1.40. The van der Waals surface area contributed by atoms with Crippen molar-refractivity contribution in [3.05, 3.63) is 70.8 Å². The van der Waals surface area contributed by atoms with Crippen LogP contribution in [0.3, 0.4) is 0 Å². The first kappa shape index (κ1) is 11.4. The third-order valence-corrected chi connectivity index (χ3v) is 3.68. The van der Waals surface area contributed by atoms with Gasteiger partial charge in [-0.2, -0.15) is 0 Å². The summed E-state index contributed by atoms with van der Waals surface area (Å²) in [6, 6.07) is 11.0. The Bertz CT molecular complexity index is 609. The van der Waals surface area contributed by atoms with Gasteiger partial charge in [-0.05, 0) is 53.8 Å². The van der Waals surface area contributed by atoms with Gasteiger partial charge in [-0.15, -0.1) is 0 Å². The van der Waals surface area contributed by atoms with Gasteiger partial charge in [-0.1, -0.05) is 18.2 Å². The van der Waals surface area contributed by atoms with Crippen molar-refractivity contribution in [2.45, 2.75) is 18.4 Å². The van der Waals surface area contributed by atoms with E-state index in [0.29, 0.717) is 6.42 Å². The van der Waals surface area contributed by atoms with Crippen molar-refractivity contribution in [2.24, 2.45) is 5.73 Å². The molecular weight excluding hydrogens is 232 g/mol. The molecule has 1 atom stereocenters. The van der Waals surface area contributed by atoms with Gasteiger partial charge >= 0.3 is 0 Å². The molecule has 0 spiro atoms. The lowest BCUT2D eigenvalue weighted by atomic mass is 9.85. The Hall–Kier alpha value is -1.74. The van der Waals surface area contributed by atoms with Crippen LogP contribution in [0.4, 0.5) is 8.78 Å². The minimum absolute atomic E-state index is 0.253. The summed E-state index contributed by atoms with van der Waals surface area (Å²) in [7, 11) is 0. The van der Waals surface area contributed by atoms with Crippen LogP contribution in [0.1, 0.15) is 23.1 Å². The van der Waals surface area contributed by atoms with Gasteiger partial charge in [0.05, 0.1) is 5.54 Å². The van der Waals surface area contributed by atoms with E-state index in [9.17, 15) is 8.78 Å². The number of benzene rings is 2. The van der Waals surface area contributed by atoms with Gasteiger partial charge in [0.2, 0.25) is 0 Å². The van der Waals surface area contributed by atoms with Crippen LogP contribution >= 0.6 is 0 Å². The summed E-state index contributed by atoms with van der Waals surface area (Å²) in [5, 5.41) is 0. The maximum Gasteiger partial charge on any atom is 0.123 e. The topological polar surface area (TPSA) is 26.0 Å². The fourth-order valence-corrected chi connectivity index (χ4v) is 2.74. The third kappa shape index (κ3) is 1.63. The fraction of sp³-hybridized carbons (Fsp3) is 0.200. The molecule has 3 heteroatoms. The van der Waals surface area contributed by atoms with E-state index in [1.807, 2.05) is 6.07 Å². The van der Waals surface area contributed by atoms with Gasteiger partial charge in [0.1, 0.15) is 11.6 Å². The summed E-state index contributed by atoms with van der Waals surface area (Å²) < 4.78 is 26.5. The van der Waals surface area contributed by atoms with E-state index in [4.69, 9.17) is 5.73 Å². The normalized spacial score (nSPS) is 21.9. The van der Waals surface area contributed by atoms with Gasteiger partial charge in [0.15, 0.2) is 0 Å². The van der Waals surface area contributed by atoms with Crippen LogP contribution in [0, 0.1) is 11.6 Å². The summed E-state index contributed by atoms with van der Waals surface area (Å²) in [5.41, 5.74) is 8.28. The highest BCUT2D eigenvalue weighted by Gasteiger charge is 2.36. The molecule has 2 aromatic carbocycles. The number of fused-ring (bicyclic) bond motifs is 1. The fourth-order valence-electron chi connectivity index (χ4n) is 2.74. The molecular formula is C15H13F2N. The van der Waals surface area contributed by atoms with Crippen molar-refractivity contribution in [1.82, 2.24) is 0 Å². The van der Waals surface area contributed by atoms with Gasteiger partial charge < -0.3 is 5.73 Å². The predicted molar refractivity (Wildman–Crippen MR) is 66.1 cm³/mol. The molecule has 0 bridgehead atoms. The molecule has 2 N–H and O–H groups in total. The SMILES string of the molecule is NC1(c2cccc(F)c2)CCc2cc(F)ccc21. The minimum Gasteiger partial charge on any atom is -0.318 e. The Kier molecular flexibility index (Phi) is 2.45. The molecule has 0 heterocycles. The number of halogens is 2. The predicted octanol–water partition coefficient (Wildman–Crippen LogP) is 3.11. The number of nitrogens with two attached hydrogens (primary N) is 1. The van der Waals surface area contributed by atoms with Crippen molar-refractivity contribution >= 4 is 0 Å². The summed E-state index contributed by atoms with van der Waals surface area (Å²) in [4.78, 5) is 0. The van der Waals surface area contributed by atoms with Gasteiger partial charge in [0.25, 0.3) is 0 Å². The first-order valence-electron chi connectivity index (χ1n) is 5.93. The smallest absolute Gasteiger partial charge is 0.123 e. The molecule has 1 aliphatic rings. The second-order valence-corrected chi connectivity index (χ2v) is 4.78. The number of rotatable bonds is 1. The average Bonchev–Trinajstić information content (AvgIpc) is 2.68. The zero-order chi connectivity index (χ0) is 12.8. The van der Waals surface area contributed by atoms with Crippen LogP contribution in [0.5, 0.6) is 0 Å². The minimum atomic E-state index is -0.703. The highest BCUT2D eigenvalue weighted by atomic mass is 19.1.